The van der Waals surface area contributed by atoms with Crippen molar-refractivity contribution in [2.45, 2.75) is 32.4 Å². The minimum absolute atomic E-state index is 0. The van der Waals surface area contributed by atoms with Crippen molar-refractivity contribution in [1.29, 1.82) is 0 Å². The van der Waals surface area contributed by atoms with Crippen molar-refractivity contribution in [2.75, 3.05) is 26.2 Å². The molecule has 0 aliphatic carbocycles. The highest BCUT2D eigenvalue weighted by Crippen LogP contribution is 2.31. The van der Waals surface area contributed by atoms with E-state index in [1.165, 1.54) is 12.4 Å². The highest BCUT2D eigenvalue weighted by Gasteiger charge is 2.27. The topological polar surface area (TPSA) is 70.4 Å². The van der Waals surface area contributed by atoms with Gasteiger partial charge in [-0.1, -0.05) is 17.7 Å². The van der Waals surface area contributed by atoms with Crippen molar-refractivity contribution >= 4 is 41.5 Å². The maximum Gasteiger partial charge on any atom is 0.191 e. The lowest BCUT2D eigenvalue weighted by Gasteiger charge is -2.29. The van der Waals surface area contributed by atoms with E-state index >= 15 is 0 Å². The molecule has 0 bridgehead atoms. The second-order valence-corrected chi connectivity index (χ2v) is 7.18. The fourth-order valence-corrected chi connectivity index (χ4v) is 3.73. The highest BCUT2D eigenvalue weighted by atomic mass is 127. The number of rotatable bonds is 7. The largest absolute Gasteiger partial charge is 0.357 e. The molecule has 2 aromatic rings. The number of halogens is 3. The lowest BCUT2D eigenvalue weighted by Crippen LogP contribution is -2.43. The Kier molecular flexibility index (Phi) is 9.57. The summed E-state index contributed by atoms with van der Waals surface area (Å²) < 4.78 is 16.3. The first-order chi connectivity index (χ1) is 13.6. The van der Waals surface area contributed by atoms with E-state index in [0.29, 0.717) is 29.6 Å². The second kappa shape index (κ2) is 11.7. The third-order valence-corrected chi connectivity index (χ3v) is 5.23. The zero-order chi connectivity index (χ0) is 19.9. The van der Waals surface area contributed by atoms with Crippen LogP contribution in [0.2, 0.25) is 5.02 Å². The van der Waals surface area contributed by atoms with Gasteiger partial charge in [0, 0.05) is 30.7 Å². The van der Waals surface area contributed by atoms with Gasteiger partial charge in [-0.15, -0.1) is 24.0 Å². The van der Waals surface area contributed by atoms with E-state index in [4.69, 9.17) is 11.6 Å². The molecule has 29 heavy (non-hydrogen) atoms. The zero-order valence-corrected chi connectivity index (χ0v) is 19.8. The van der Waals surface area contributed by atoms with Crippen LogP contribution >= 0.6 is 35.6 Å². The second-order valence-electron chi connectivity index (χ2n) is 6.77. The number of nitrogens with one attached hydrogen (secondary N) is 2. The van der Waals surface area contributed by atoms with Gasteiger partial charge in [0.2, 0.25) is 0 Å². The Morgan fingerprint density at radius 3 is 2.69 bits per heavy atom. The Labute approximate surface area is 193 Å². The lowest BCUT2D eigenvalue weighted by atomic mass is 10.0. The molecule has 2 N–H and O–H groups in total. The van der Waals surface area contributed by atoms with Crippen LogP contribution in [0.4, 0.5) is 4.39 Å². The SMILES string of the molecule is CCNC(=NCc1ncnn1C)NCC(c1c(F)cccc1Cl)N1CCCC1.I. The van der Waals surface area contributed by atoms with Crippen molar-refractivity contribution < 1.29 is 4.39 Å². The molecule has 1 fully saturated rings. The third-order valence-electron chi connectivity index (χ3n) is 4.91. The van der Waals surface area contributed by atoms with Gasteiger partial charge in [-0.2, -0.15) is 5.10 Å². The number of aliphatic imine (C=N–C) groups is 1. The third kappa shape index (κ3) is 6.26. The van der Waals surface area contributed by atoms with Gasteiger partial charge >= 0.3 is 0 Å². The minimum atomic E-state index is -0.271. The smallest absolute Gasteiger partial charge is 0.191 e. The van der Waals surface area contributed by atoms with Gasteiger partial charge < -0.3 is 10.6 Å². The standard InChI is InChI=1S/C19H27ClFN7.HI/c1-3-22-19(24-12-17-25-13-26-27(17)2)23-11-16(28-9-4-5-10-28)18-14(20)7-6-8-15(18)21;/h6-8,13,16H,3-5,9-12H2,1-2H3,(H2,22,23,24);1H. The molecular formula is C19H28ClFIN7. The van der Waals surface area contributed by atoms with Gasteiger partial charge in [-0.3, -0.25) is 9.58 Å². The molecule has 3 rings (SSSR count). The number of hydrogen-bond donors (Lipinski definition) is 2. The van der Waals surface area contributed by atoms with Crippen molar-refractivity contribution in [3.8, 4) is 0 Å². The normalized spacial score (nSPS) is 15.8. The Bertz CT molecular complexity index is 787. The molecule has 1 aliphatic rings. The summed E-state index contributed by atoms with van der Waals surface area (Å²) in [5.41, 5.74) is 0.544. The maximum atomic E-state index is 14.6. The van der Waals surface area contributed by atoms with Crippen LogP contribution in [0.25, 0.3) is 0 Å². The molecule has 1 atom stereocenters. The first kappa shape index (κ1) is 23.8. The average Bonchev–Trinajstić information content (AvgIpc) is 3.34. The van der Waals surface area contributed by atoms with Crippen LogP contribution < -0.4 is 10.6 Å². The first-order valence-corrected chi connectivity index (χ1v) is 10.0. The van der Waals surface area contributed by atoms with Crippen molar-refractivity contribution in [1.82, 2.24) is 30.3 Å². The molecule has 7 nitrogen and oxygen atoms in total. The summed E-state index contributed by atoms with van der Waals surface area (Å²) in [5, 5.41) is 11.1. The molecule has 1 saturated heterocycles. The van der Waals surface area contributed by atoms with Crippen LogP contribution in [0.1, 0.15) is 37.2 Å². The van der Waals surface area contributed by atoms with Gasteiger partial charge in [0.1, 0.15) is 24.5 Å². The number of likely N-dealkylation sites (tertiary alicyclic amines) is 1. The summed E-state index contributed by atoms with van der Waals surface area (Å²) in [7, 11) is 1.84. The van der Waals surface area contributed by atoms with E-state index in [9.17, 15) is 4.39 Å². The predicted octanol–water partition coefficient (Wildman–Crippen LogP) is 3.12. The number of benzene rings is 1. The summed E-state index contributed by atoms with van der Waals surface area (Å²) in [6.45, 7) is 5.50. The van der Waals surface area contributed by atoms with Crippen LogP contribution in [-0.2, 0) is 13.6 Å². The zero-order valence-electron chi connectivity index (χ0n) is 16.7. The van der Waals surface area contributed by atoms with Crippen LogP contribution in [0.15, 0.2) is 29.5 Å². The molecule has 0 radical (unpaired) electrons. The van der Waals surface area contributed by atoms with Gasteiger partial charge in [0.15, 0.2) is 5.96 Å². The Morgan fingerprint density at radius 1 is 1.31 bits per heavy atom. The molecule has 1 aromatic carbocycles. The maximum absolute atomic E-state index is 14.6. The highest BCUT2D eigenvalue weighted by molar-refractivity contribution is 14.0. The van der Waals surface area contributed by atoms with Gasteiger partial charge in [0.25, 0.3) is 0 Å². The predicted molar refractivity (Wildman–Crippen MR) is 124 cm³/mol. The van der Waals surface area contributed by atoms with Crippen LogP contribution in [0.3, 0.4) is 0 Å². The fourth-order valence-electron chi connectivity index (χ4n) is 3.44. The van der Waals surface area contributed by atoms with Crippen molar-refractivity contribution in [3.05, 3.63) is 46.8 Å². The average molecular weight is 536 g/mol. The summed E-state index contributed by atoms with van der Waals surface area (Å²) in [6, 6.07) is 4.70. The summed E-state index contributed by atoms with van der Waals surface area (Å²) in [6.07, 6.45) is 3.74. The summed E-state index contributed by atoms with van der Waals surface area (Å²) in [4.78, 5) is 11.1. The van der Waals surface area contributed by atoms with E-state index in [0.717, 1.165) is 38.3 Å². The lowest BCUT2D eigenvalue weighted by molar-refractivity contribution is 0.240. The molecular weight excluding hydrogens is 508 g/mol. The van der Waals surface area contributed by atoms with E-state index in [1.807, 2.05) is 14.0 Å². The van der Waals surface area contributed by atoms with E-state index < -0.39 is 0 Å². The van der Waals surface area contributed by atoms with E-state index in [-0.39, 0.29) is 35.8 Å². The van der Waals surface area contributed by atoms with Gasteiger partial charge in [-0.05, 0) is 45.0 Å². The quantitative estimate of drug-likeness (QED) is 0.324. The monoisotopic (exact) mass is 535 g/mol. The molecule has 1 aliphatic heterocycles. The number of nitrogens with zero attached hydrogens (tertiary/aromatic N) is 5. The molecule has 160 valence electrons. The Morgan fingerprint density at radius 2 is 2.07 bits per heavy atom. The van der Waals surface area contributed by atoms with Gasteiger partial charge in [0.05, 0.1) is 6.04 Å². The van der Waals surface area contributed by atoms with Gasteiger partial charge in [-0.25, -0.2) is 14.4 Å². The van der Waals surface area contributed by atoms with Crippen LogP contribution in [0, 0.1) is 5.82 Å². The van der Waals surface area contributed by atoms with Crippen molar-refractivity contribution in [3.63, 3.8) is 0 Å². The first-order valence-electron chi connectivity index (χ1n) is 9.63. The van der Waals surface area contributed by atoms with E-state index in [2.05, 4.69) is 30.6 Å². The molecule has 2 heterocycles. The Hall–Kier alpha value is -1.46. The molecule has 1 unspecified atom stereocenters. The van der Waals surface area contributed by atoms with Crippen LogP contribution in [0.5, 0.6) is 0 Å². The molecule has 10 heteroatoms. The minimum Gasteiger partial charge on any atom is -0.357 e. The molecule has 1 aromatic heterocycles. The summed E-state index contributed by atoms with van der Waals surface area (Å²) in [5.74, 6) is 1.15. The van der Waals surface area contributed by atoms with Crippen LogP contribution in [-0.4, -0.2) is 51.8 Å². The number of hydrogen-bond acceptors (Lipinski definition) is 4. The molecule has 0 saturated carbocycles. The fraction of sp³-hybridized carbons (Fsp3) is 0.526. The molecule has 0 spiro atoms. The number of aryl methyl sites for hydroxylation is 1. The Balaban J connectivity index is 0.00000300. The number of aromatic nitrogens is 3. The summed E-state index contributed by atoms with van der Waals surface area (Å²) >= 11 is 6.37. The molecule has 0 amide bonds. The number of guanidine groups is 1. The van der Waals surface area contributed by atoms with E-state index in [1.54, 1.807) is 16.8 Å². The van der Waals surface area contributed by atoms with Crippen molar-refractivity contribution in [2.24, 2.45) is 12.0 Å².